The van der Waals surface area contributed by atoms with Crippen LogP contribution in [0.25, 0.3) is 0 Å². The highest BCUT2D eigenvalue weighted by Crippen LogP contribution is 2.21. The highest BCUT2D eigenvalue weighted by atomic mass is 16.1. The molecule has 0 aliphatic heterocycles. The number of hydrogen-bond donors (Lipinski definition) is 2. The minimum absolute atomic E-state index is 0.0815. The second-order valence-electron chi connectivity index (χ2n) is 5.60. The van der Waals surface area contributed by atoms with E-state index in [2.05, 4.69) is 22.2 Å². The molecule has 0 aromatic carbocycles. The van der Waals surface area contributed by atoms with Crippen molar-refractivity contribution in [2.24, 2.45) is 0 Å². The number of nitrogens with one attached hydrogen (secondary N) is 1. The predicted octanol–water partition coefficient (Wildman–Crippen LogP) is 1.58. The Bertz CT molecular complexity index is 449. The number of carbonyl (C=O) groups is 1. The number of amides is 1. The zero-order valence-corrected chi connectivity index (χ0v) is 12.4. The van der Waals surface area contributed by atoms with Crippen LogP contribution in [0.1, 0.15) is 41.7 Å². The molecule has 20 heavy (non-hydrogen) atoms. The number of carbonyl (C=O) groups excluding carboxylic acids is 1. The number of pyridine rings is 1. The van der Waals surface area contributed by atoms with Crippen LogP contribution >= 0.6 is 0 Å². The molecule has 0 bridgehead atoms. The molecule has 1 saturated carbocycles. The molecular formula is C15H24N4O. The lowest BCUT2D eigenvalue weighted by Gasteiger charge is -2.23. The molecule has 110 valence electrons. The van der Waals surface area contributed by atoms with E-state index in [1.165, 1.54) is 25.7 Å². The van der Waals surface area contributed by atoms with E-state index in [4.69, 9.17) is 5.73 Å². The zero-order valence-electron chi connectivity index (χ0n) is 12.4. The van der Waals surface area contributed by atoms with Crippen LogP contribution in [0, 0.1) is 6.92 Å². The number of aromatic nitrogens is 1. The minimum atomic E-state index is -0.0815. The first-order valence-electron chi connectivity index (χ1n) is 7.29. The topological polar surface area (TPSA) is 71.2 Å². The normalized spacial score (nSPS) is 15.8. The lowest BCUT2D eigenvalue weighted by molar-refractivity contribution is 0.0947. The van der Waals surface area contributed by atoms with Gasteiger partial charge in [0.15, 0.2) is 0 Å². The summed E-state index contributed by atoms with van der Waals surface area (Å²) in [6.45, 7) is 3.38. The van der Waals surface area contributed by atoms with Gasteiger partial charge in [0, 0.05) is 30.4 Å². The van der Waals surface area contributed by atoms with Gasteiger partial charge in [-0.2, -0.15) is 0 Å². The van der Waals surface area contributed by atoms with E-state index in [-0.39, 0.29) is 5.91 Å². The van der Waals surface area contributed by atoms with E-state index >= 15 is 0 Å². The van der Waals surface area contributed by atoms with Crippen molar-refractivity contribution < 1.29 is 4.79 Å². The molecule has 1 aromatic rings. The van der Waals surface area contributed by atoms with Gasteiger partial charge in [0.2, 0.25) is 0 Å². The van der Waals surface area contributed by atoms with Crippen molar-refractivity contribution in [1.29, 1.82) is 0 Å². The third-order valence-electron chi connectivity index (χ3n) is 3.93. The summed E-state index contributed by atoms with van der Waals surface area (Å²) in [4.78, 5) is 18.5. The third kappa shape index (κ3) is 3.93. The van der Waals surface area contributed by atoms with Crippen LogP contribution in [0.4, 0.5) is 5.82 Å². The predicted molar refractivity (Wildman–Crippen MR) is 80.6 cm³/mol. The van der Waals surface area contributed by atoms with Crippen molar-refractivity contribution in [2.75, 3.05) is 25.9 Å². The van der Waals surface area contributed by atoms with Gasteiger partial charge in [0.1, 0.15) is 5.82 Å². The van der Waals surface area contributed by atoms with E-state index in [9.17, 15) is 4.79 Å². The number of nitrogens with zero attached hydrogens (tertiary/aromatic N) is 2. The summed E-state index contributed by atoms with van der Waals surface area (Å²) in [5, 5.41) is 2.94. The van der Waals surface area contributed by atoms with Crippen LogP contribution in [-0.2, 0) is 0 Å². The molecule has 0 atom stereocenters. The number of likely N-dealkylation sites (N-methyl/N-ethyl adjacent to an activating group) is 1. The zero-order chi connectivity index (χ0) is 14.5. The summed E-state index contributed by atoms with van der Waals surface area (Å²) in [5.41, 5.74) is 7.00. The van der Waals surface area contributed by atoms with E-state index in [1.54, 1.807) is 12.1 Å². The van der Waals surface area contributed by atoms with Crippen LogP contribution in [0.3, 0.4) is 0 Å². The number of nitrogens with two attached hydrogens (primary N) is 1. The first-order valence-corrected chi connectivity index (χ1v) is 7.29. The Kier molecular flexibility index (Phi) is 4.95. The second kappa shape index (κ2) is 6.70. The fraction of sp³-hybridized carbons (Fsp3) is 0.600. The molecule has 1 aromatic heterocycles. The van der Waals surface area contributed by atoms with Gasteiger partial charge in [0.05, 0.1) is 0 Å². The van der Waals surface area contributed by atoms with Gasteiger partial charge in [0.25, 0.3) is 5.91 Å². The van der Waals surface area contributed by atoms with Gasteiger partial charge in [-0.05, 0) is 38.9 Å². The molecule has 0 radical (unpaired) electrons. The second-order valence-corrected chi connectivity index (χ2v) is 5.60. The SMILES string of the molecule is Cc1cc(C(=O)NCCN(C)C2CCCC2)cc(N)n1. The number of hydrogen-bond acceptors (Lipinski definition) is 4. The number of aryl methyl sites for hydroxylation is 1. The van der Waals surface area contributed by atoms with E-state index in [0.717, 1.165) is 12.2 Å². The molecule has 5 heteroatoms. The lowest BCUT2D eigenvalue weighted by atomic mass is 10.2. The molecule has 3 N–H and O–H groups in total. The first kappa shape index (κ1) is 14.8. The number of anilines is 1. The quantitative estimate of drug-likeness (QED) is 0.856. The Morgan fingerprint density at radius 2 is 2.15 bits per heavy atom. The van der Waals surface area contributed by atoms with Gasteiger partial charge in [-0.3, -0.25) is 4.79 Å². The molecule has 0 spiro atoms. The fourth-order valence-corrected chi connectivity index (χ4v) is 2.80. The molecule has 1 amide bonds. The highest BCUT2D eigenvalue weighted by molar-refractivity contribution is 5.94. The molecule has 1 aliphatic carbocycles. The van der Waals surface area contributed by atoms with Gasteiger partial charge in [-0.15, -0.1) is 0 Å². The van der Waals surface area contributed by atoms with Gasteiger partial charge in [-0.1, -0.05) is 12.8 Å². The number of nitrogen functional groups attached to an aromatic ring is 1. The van der Waals surface area contributed by atoms with E-state index < -0.39 is 0 Å². The Balaban J connectivity index is 1.79. The van der Waals surface area contributed by atoms with Gasteiger partial charge < -0.3 is 16.0 Å². The van der Waals surface area contributed by atoms with Crippen molar-refractivity contribution in [3.8, 4) is 0 Å². The monoisotopic (exact) mass is 276 g/mol. The molecule has 5 nitrogen and oxygen atoms in total. The summed E-state index contributed by atoms with van der Waals surface area (Å²) in [6, 6.07) is 4.06. The minimum Gasteiger partial charge on any atom is -0.384 e. The standard InChI is InChI=1S/C15H24N4O/c1-11-9-12(10-14(16)18-11)15(20)17-7-8-19(2)13-5-3-4-6-13/h9-10,13H,3-8H2,1-2H3,(H2,16,18)(H,17,20). The van der Waals surface area contributed by atoms with Crippen LogP contribution in [-0.4, -0.2) is 42.0 Å². The average Bonchev–Trinajstić information content (AvgIpc) is 2.91. The Morgan fingerprint density at radius 3 is 2.80 bits per heavy atom. The van der Waals surface area contributed by atoms with Crippen LogP contribution in [0.2, 0.25) is 0 Å². The largest absolute Gasteiger partial charge is 0.384 e. The number of rotatable bonds is 5. The molecule has 0 saturated heterocycles. The van der Waals surface area contributed by atoms with Crippen molar-refractivity contribution in [3.63, 3.8) is 0 Å². The maximum absolute atomic E-state index is 12.0. The maximum atomic E-state index is 12.0. The van der Waals surface area contributed by atoms with E-state index in [0.29, 0.717) is 24.0 Å². The first-order chi connectivity index (χ1) is 9.56. The summed E-state index contributed by atoms with van der Waals surface area (Å²) in [5.74, 6) is 0.306. The molecule has 1 aliphatic rings. The smallest absolute Gasteiger partial charge is 0.251 e. The Labute approximate surface area is 120 Å². The Morgan fingerprint density at radius 1 is 1.45 bits per heavy atom. The highest BCUT2D eigenvalue weighted by Gasteiger charge is 2.19. The average molecular weight is 276 g/mol. The molecule has 1 fully saturated rings. The summed E-state index contributed by atoms with van der Waals surface area (Å²) in [7, 11) is 2.14. The van der Waals surface area contributed by atoms with E-state index in [1.807, 2.05) is 6.92 Å². The summed E-state index contributed by atoms with van der Waals surface area (Å²) < 4.78 is 0. The molecule has 2 rings (SSSR count). The van der Waals surface area contributed by atoms with Gasteiger partial charge >= 0.3 is 0 Å². The Hall–Kier alpha value is -1.62. The molecule has 0 unspecified atom stereocenters. The summed E-state index contributed by atoms with van der Waals surface area (Å²) in [6.07, 6.45) is 5.23. The van der Waals surface area contributed by atoms with Gasteiger partial charge in [-0.25, -0.2) is 4.98 Å². The lowest BCUT2D eigenvalue weighted by Crippen LogP contribution is -2.37. The van der Waals surface area contributed by atoms with Crippen molar-refractivity contribution in [3.05, 3.63) is 23.4 Å². The molecular weight excluding hydrogens is 252 g/mol. The van der Waals surface area contributed by atoms with Crippen molar-refractivity contribution in [2.45, 2.75) is 38.6 Å². The molecule has 1 heterocycles. The van der Waals surface area contributed by atoms with Crippen LogP contribution < -0.4 is 11.1 Å². The van der Waals surface area contributed by atoms with Crippen LogP contribution in [0.15, 0.2) is 12.1 Å². The third-order valence-corrected chi connectivity index (χ3v) is 3.93. The van der Waals surface area contributed by atoms with Crippen molar-refractivity contribution >= 4 is 11.7 Å². The fourth-order valence-electron chi connectivity index (χ4n) is 2.80. The summed E-state index contributed by atoms with van der Waals surface area (Å²) >= 11 is 0. The maximum Gasteiger partial charge on any atom is 0.251 e. The van der Waals surface area contributed by atoms with Crippen LogP contribution in [0.5, 0.6) is 0 Å². The van der Waals surface area contributed by atoms with Crippen molar-refractivity contribution in [1.82, 2.24) is 15.2 Å².